The van der Waals surface area contributed by atoms with Gasteiger partial charge in [-0.05, 0) is 39.0 Å². The van der Waals surface area contributed by atoms with Crippen molar-refractivity contribution in [2.75, 3.05) is 19.6 Å². The zero-order valence-electron chi connectivity index (χ0n) is 10.6. The number of hydrogen-bond acceptors (Lipinski definition) is 1. The van der Waals surface area contributed by atoms with Crippen molar-refractivity contribution in [1.29, 1.82) is 0 Å². The molecule has 1 heterocycles. The number of urea groups is 1. The van der Waals surface area contributed by atoms with E-state index < -0.39 is 0 Å². The molecule has 1 saturated heterocycles. The van der Waals surface area contributed by atoms with Crippen LogP contribution >= 0.6 is 0 Å². The van der Waals surface area contributed by atoms with E-state index in [0.717, 1.165) is 25.6 Å². The maximum Gasteiger partial charge on any atom is 0.320 e. The first-order valence-corrected chi connectivity index (χ1v) is 6.83. The first-order chi connectivity index (χ1) is 7.77. The minimum Gasteiger partial charge on any atom is -0.325 e. The van der Waals surface area contributed by atoms with Crippen LogP contribution in [0.15, 0.2) is 0 Å². The molecule has 2 atom stereocenters. The highest BCUT2D eigenvalue weighted by atomic mass is 16.2. The maximum atomic E-state index is 12.3. The fraction of sp³-hybridized carbons (Fsp3) is 0.923. The van der Waals surface area contributed by atoms with Crippen LogP contribution in [-0.4, -0.2) is 41.5 Å². The van der Waals surface area contributed by atoms with Gasteiger partial charge >= 0.3 is 6.03 Å². The lowest BCUT2D eigenvalue weighted by Crippen LogP contribution is -2.47. The second-order valence-electron chi connectivity index (χ2n) is 5.05. The summed E-state index contributed by atoms with van der Waals surface area (Å²) in [7, 11) is 0. The highest BCUT2D eigenvalue weighted by Crippen LogP contribution is 2.36. The molecule has 2 rings (SSSR count). The molecule has 0 aromatic carbocycles. The lowest BCUT2D eigenvalue weighted by atomic mass is 9.85. The third-order valence-electron chi connectivity index (χ3n) is 4.29. The molecule has 92 valence electrons. The van der Waals surface area contributed by atoms with Gasteiger partial charge < -0.3 is 9.80 Å². The van der Waals surface area contributed by atoms with Crippen molar-refractivity contribution in [1.82, 2.24) is 9.80 Å². The predicted molar refractivity (Wildman–Crippen MR) is 65.4 cm³/mol. The Labute approximate surface area is 98.8 Å². The number of likely N-dealkylation sites (tertiary alicyclic amines) is 1. The van der Waals surface area contributed by atoms with Crippen LogP contribution in [0.25, 0.3) is 0 Å². The standard InChI is InChI=1S/C13H24N2O/c1-3-14(4-2)13(16)15-10-9-11-7-5-6-8-12(11)15/h11-12H,3-10H2,1-2H3. The number of hydrogen-bond donors (Lipinski definition) is 0. The van der Waals surface area contributed by atoms with Crippen LogP contribution in [0.4, 0.5) is 4.79 Å². The molecule has 0 aromatic heterocycles. The van der Waals surface area contributed by atoms with E-state index in [2.05, 4.69) is 18.7 Å². The normalized spacial score (nSPS) is 29.0. The van der Waals surface area contributed by atoms with Crippen molar-refractivity contribution >= 4 is 6.03 Å². The minimum absolute atomic E-state index is 0.277. The zero-order valence-corrected chi connectivity index (χ0v) is 10.6. The van der Waals surface area contributed by atoms with E-state index in [1.807, 2.05) is 4.90 Å². The SMILES string of the molecule is CCN(CC)C(=O)N1CCC2CCCCC21. The molecular weight excluding hydrogens is 200 g/mol. The van der Waals surface area contributed by atoms with Gasteiger partial charge in [0, 0.05) is 25.7 Å². The number of amides is 2. The molecule has 3 nitrogen and oxygen atoms in total. The van der Waals surface area contributed by atoms with Gasteiger partial charge in [0.2, 0.25) is 0 Å². The summed E-state index contributed by atoms with van der Waals surface area (Å²) in [4.78, 5) is 16.4. The Bertz CT molecular complexity index is 250. The molecule has 0 spiro atoms. The topological polar surface area (TPSA) is 23.6 Å². The molecule has 2 fully saturated rings. The largest absolute Gasteiger partial charge is 0.325 e. The Morgan fingerprint density at radius 3 is 2.56 bits per heavy atom. The van der Waals surface area contributed by atoms with E-state index in [0.29, 0.717) is 6.04 Å². The molecule has 1 aliphatic heterocycles. The number of carbonyl (C=O) groups is 1. The van der Waals surface area contributed by atoms with Crippen LogP contribution in [0, 0.1) is 5.92 Å². The van der Waals surface area contributed by atoms with Gasteiger partial charge in [-0.15, -0.1) is 0 Å². The van der Waals surface area contributed by atoms with Crippen molar-refractivity contribution in [3.8, 4) is 0 Å². The Morgan fingerprint density at radius 2 is 1.88 bits per heavy atom. The molecule has 0 radical (unpaired) electrons. The number of fused-ring (bicyclic) bond motifs is 1. The van der Waals surface area contributed by atoms with Gasteiger partial charge in [-0.1, -0.05) is 12.8 Å². The number of rotatable bonds is 2. The van der Waals surface area contributed by atoms with Crippen molar-refractivity contribution in [2.24, 2.45) is 5.92 Å². The Morgan fingerprint density at radius 1 is 1.19 bits per heavy atom. The van der Waals surface area contributed by atoms with E-state index in [-0.39, 0.29) is 6.03 Å². The lowest BCUT2D eigenvalue weighted by Gasteiger charge is -2.34. The summed E-state index contributed by atoms with van der Waals surface area (Å²) in [6.45, 7) is 6.79. The number of nitrogens with zero attached hydrogens (tertiary/aromatic N) is 2. The summed E-state index contributed by atoms with van der Waals surface area (Å²) >= 11 is 0. The van der Waals surface area contributed by atoms with Crippen molar-refractivity contribution in [2.45, 2.75) is 52.0 Å². The van der Waals surface area contributed by atoms with Crippen LogP contribution < -0.4 is 0 Å². The van der Waals surface area contributed by atoms with Gasteiger partial charge in [0.25, 0.3) is 0 Å². The van der Waals surface area contributed by atoms with Crippen LogP contribution in [0.2, 0.25) is 0 Å². The highest BCUT2D eigenvalue weighted by molar-refractivity contribution is 5.75. The van der Waals surface area contributed by atoms with Gasteiger partial charge in [0.15, 0.2) is 0 Å². The lowest BCUT2D eigenvalue weighted by molar-refractivity contribution is 0.136. The fourth-order valence-electron chi connectivity index (χ4n) is 3.32. The summed E-state index contributed by atoms with van der Waals surface area (Å²) < 4.78 is 0. The van der Waals surface area contributed by atoms with Crippen LogP contribution in [0.5, 0.6) is 0 Å². The molecule has 16 heavy (non-hydrogen) atoms. The van der Waals surface area contributed by atoms with E-state index in [1.54, 1.807) is 0 Å². The van der Waals surface area contributed by atoms with Gasteiger partial charge in [-0.2, -0.15) is 0 Å². The minimum atomic E-state index is 0.277. The first kappa shape index (κ1) is 11.7. The summed E-state index contributed by atoms with van der Waals surface area (Å²) in [5.41, 5.74) is 0. The third kappa shape index (κ3) is 2.04. The quantitative estimate of drug-likeness (QED) is 0.707. The van der Waals surface area contributed by atoms with Gasteiger partial charge in [0.1, 0.15) is 0 Å². The third-order valence-corrected chi connectivity index (χ3v) is 4.29. The molecule has 2 aliphatic rings. The molecule has 0 bridgehead atoms. The van der Waals surface area contributed by atoms with Crippen molar-refractivity contribution in [3.63, 3.8) is 0 Å². The average molecular weight is 224 g/mol. The monoisotopic (exact) mass is 224 g/mol. The Balaban J connectivity index is 2.01. The fourth-order valence-corrected chi connectivity index (χ4v) is 3.32. The molecule has 2 unspecified atom stereocenters. The number of carbonyl (C=O) groups excluding carboxylic acids is 1. The molecule has 0 aromatic rings. The Hall–Kier alpha value is -0.730. The highest BCUT2D eigenvalue weighted by Gasteiger charge is 2.39. The van der Waals surface area contributed by atoms with Gasteiger partial charge in [-0.3, -0.25) is 0 Å². The molecule has 1 aliphatic carbocycles. The smallest absolute Gasteiger partial charge is 0.320 e. The van der Waals surface area contributed by atoms with Gasteiger partial charge in [0.05, 0.1) is 0 Å². The van der Waals surface area contributed by atoms with Crippen LogP contribution in [-0.2, 0) is 0 Å². The van der Waals surface area contributed by atoms with E-state index in [4.69, 9.17) is 0 Å². The summed E-state index contributed by atoms with van der Waals surface area (Å²) in [5, 5.41) is 0. The molecule has 1 saturated carbocycles. The molecule has 0 N–H and O–H groups in total. The zero-order chi connectivity index (χ0) is 11.5. The van der Waals surface area contributed by atoms with Crippen LogP contribution in [0.1, 0.15) is 46.0 Å². The summed E-state index contributed by atoms with van der Waals surface area (Å²) in [6, 6.07) is 0.834. The van der Waals surface area contributed by atoms with E-state index in [9.17, 15) is 4.79 Å². The first-order valence-electron chi connectivity index (χ1n) is 6.83. The second kappa shape index (κ2) is 5.07. The summed E-state index contributed by atoms with van der Waals surface area (Å²) in [6.07, 6.45) is 6.49. The van der Waals surface area contributed by atoms with E-state index in [1.165, 1.54) is 32.1 Å². The maximum absolute atomic E-state index is 12.3. The van der Waals surface area contributed by atoms with E-state index >= 15 is 0 Å². The van der Waals surface area contributed by atoms with Crippen LogP contribution in [0.3, 0.4) is 0 Å². The molecular formula is C13H24N2O. The Kier molecular flexibility index (Phi) is 3.72. The summed E-state index contributed by atoms with van der Waals surface area (Å²) in [5.74, 6) is 0.799. The van der Waals surface area contributed by atoms with Crippen molar-refractivity contribution in [3.05, 3.63) is 0 Å². The molecule has 2 amide bonds. The van der Waals surface area contributed by atoms with Crippen molar-refractivity contribution < 1.29 is 4.79 Å². The average Bonchev–Trinajstić information content (AvgIpc) is 2.74. The van der Waals surface area contributed by atoms with Gasteiger partial charge in [-0.25, -0.2) is 4.79 Å². The second-order valence-corrected chi connectivity index (χ2v) is 5.05. The predicted octanol–water partition coefficient (Wildman–Crippen LogP) is 2.71. The molecule has 3 heteroatoms.